The Morgan fingerprint density at radius 1 is 1.40 bits per heavy atom. The molecule has 1 aromatic carbocycles. The third-order valence-electron chi connectivity index (χ3n) is 3.40. The molecule has 2 N–H and O–H groups in total. The normalized spacial score (nSPS) is 14.9. The number of amides is 1. The molecule has 0 radical (unpaired) electrons. The van der Waals surface area contributed by atoms with Crippen molar-refractivity contribution in [3.8, 4) is 5.75 Å². The van der Waals surface area contributed by atoms with Gasteiger partial charge in [-0.15, -0.1) is 0 Å². The molecule has 0 fully saturated rings. The van der Waals surface area contributed by atoms with Gasteiger partial charge in [-0.2, -0.15) is 0 Å². The fourth-order valence-electron chi connectivity index (χ4n) is 2.26. The van der Waals surface area contributed by atoms with E-state index in [1.165, 1.54) is 5.57 Å². The van der Waals surface area contributed by atoms with E-state index in [2.05, 4.69) is 6.08 Å². The maximum absolute atomic E-state index is 12.4. The van der Waals surface area contributed by atoms with Gasteiger partial charge in [0.25, 0.3) is 5.91 Å². The van der Waals surface area contributed by atoms with Gasteiger partial charge in [0.15, 0.2) is 0 Å². The lowest BCUT2D eigenvalue weighted by molar-refractivity contribution is 0.0765. The van der Waals surface area contributed by atoms with E-state index in [4.69, 9.17) is 15.2 Å². The lowest BCUT2D eigenvalue weighted by Gasteiger charge is -2.26. The lowest BCUT2D eigenvalue weighted by Crippen LogP contribution is -2.35. The van der Waals surface area contributed by atoms with Crippen LogP contribution in [0.1, 0.15) is 16.8 Å². The number of hydrogen-bond acceptors (Lipinski definition) is 4. The van der Waals surface area contributed by atoms with Crippen LogP contribution in [0.25, 0.3) is 0 Å². The van der Waals surface area contributed by atoms with Crippen molar-refractivity contribution in [2.75, 3.05) is 39.6 Å². The Balaban J connectivity index is 2.07. The summed E-state index contributed by atoms with van der Waals surface area (Å²) in [5.74, 6) is 0.578. The third-order valence-corrected chi connectivity index (χ3v) is 3.40. The fourth-order valence-corrected chi connectivity index (χ4v) is 2.26. The highest BCUT2D eigenvalue weighted by Gasteiger charge is 2.19. The van der Waals surface area contributed by atoms with Gasteiger partial charge in [-0.05, 0) is 30.2 Å². The van der Waals surface area contributed by atoms with Crippen molar-refractivity contribution in [2.24, 2.45) is 0 Å². The molecule has 1 amide bonds. The molecule has 20 heavy (non-hydrogen) atoms. The number of rotatable bonds is 4. The topological polar surface area (TPSA) is 64.8 Å². The minimum Gasteiger partial charge on any atom is -0.495 e. The molecule has 1 aliphatic rings. The summed E-state index contributed by atoms with van der Waals surface area (Å²) in [6.45, 7) is 1.96. The molecule has 0 aromatic heterocycles. The minimum atomic E-state index is -0.00734. The number of carbonyl (C=O) groups is 1. The number of hydrogen-bond donors (Lipinski definition) is 1. The van der Waals surface area contributed by atoms with Crippen molar-refractivity contribution in [3.05, 3.63) is 35.4 Å². The standard InChI is InChI=1S/C15H20N2O3/c1-19-10-11-5-7-17(8-6-11)15(18)12-3-4-14(20-2)13(16)9-12/h3-5,9H,6-8,10,16H2,1-2H3. The van der Waals surface area contributed by atoms with Gasteiger partial charge in [-0.25, -0.2) is 0 Å². The SMILES string of the molecule is COCC1=CCN(C(=O)c2ccc(OC)c(N)c2)CC1. The van der Waals surface area contributed by atoms with Crippen LogP contribution in [0.15, 0.2) is 29.8 Å². The number of benzene rings is 1. The Morgan fingerprint density at radius 2 is 2.20 bits per heavy atom. The van der Waals surface area contributed by atoms with Crippen LogP contribution in [0.3, 0.4) is 0 Å². The molecule has 0 aliphatic carbocycles. The predicted molar refractivity (Wildman–Crippen MR) is 77.9 cm³/mol. The van der Waals surface area contributed by atoms with Crippen LogP contribution in [0.2, 0.25) is 0 Å². The van der Waals surface area contributed by atoms with E-state index >= 15 is 0 Å². The summed E-state index contributed by atoms with van der Waals surface area (Å²) in [7, 11) is 3.23. The number of anilines is 1. The van der Waals surface area contributed by atoms with Crippen molar-refractivity contribution in [2.45, 2.75) is 6.42 Å². The number of ether oxygens (including phenoxy) is 2. The van der Waals surface area contributed by atoms with Crippen LogP contribution >= 0.6 is 0 Å². The Kier molecular flexibility index (Phi) is 4.63. The first-order valence-electron chi connectivity index (χ1n) is 6.55. The van der Waals surface area contributed by atoms with Gasteiger partial charge in [-0.3, -0.25) is 4.79 Å². The molecule has 0 spiro atoms. The molecule has 108 valence electrons. The monoisotopic (exact) mass is 276 g/mol. The molecule has 5 nitrogen and oxygen atoms in total. The summed E-state index contributed by atoms with van der Waals surface area (Å²) in [6, 6.07) is 5.13. The summed E-state index contributed by atoms with van der Waals surface area (Å²) in [5, 5.41) is 0. The Morgan fingerprint density at radius 3 is 2.75 bits per heavy atom. The summed E-state index contributed by atoms with van der Waals surface area (Å²) < 4.78 is 10.2. The quantitative estimate of drug-likeness (QED) is 0.671. The van der Waals surface area contributed by atoms with E-state index in [-0.39, 0.29) is 5.91 Å². The summed E-state index contributed by atoms with van der Waals surface area (Å²) >= 11 is 0. The fraction of sp³-hybridized carbons (Fsp3) is 0.400. The molecule has 0 saturated carbocycles. The van der Waals surface area contributed by atoms with Gasteiger partial charge >= 0.3 is 0 Å². The van der Waals surface area contributed by atoms with Crippen LogP contribution in [-0.2, 0) is 4.74 Å². The van der Waals surface area contributed by atoms with E-state index in [1.54, 1.807) is 37.3 Å². The Hall–Kier alpha value is -2.01. The average Bonchev–Trinajstić information content (AvgIpc) is 2.47. The molecule has 1 heterocycles. The predicted octanol–water partition coefficient (Wildman–Crippen LogP) is 1.70. The van der Waals surface area contributed by atoms with E-state index in [1.807, 2.05) is 0 Å². The van der Waals surface area contributed by atoms with Crippen molar-refractivity contribution in [3.63, 3.8) is 0 Å². The highest BCUT2D eigenvalue weighted by atomic mass is 16.5. The molecule has 0 unspecified atom stereocenters. The number of methoxy groups -OCH3 is 2. The van der Waals surface area contributed by atoms with Gasteiger partial charge in [0, 0.05) is 25.8 Å². The lowest BCUT2D eigenvalue weighted by atomic mass is 10.1. The second kappa shape index (κ2) is 6.43. The molecular weight excluding hydrogens is 256 g/mol. The van der Waals surface area contributed by atoms with E-state index in [0.29, 0.717) is 36.7 Å². The molecular formula is C15H20N2O3. The van der Waals surface area contributed by atoms with E-state index in [9.17, 15) is 4.79 Å². The van der Waals surface area contributed by atoms with Gasteiger partial charge < -0.3 is 20.1 Å². The van der Waals surface area contributed by atoms with Crippen molar-refractivity contribution in [1.29, 1.82) is 0 Å². The molecule has 5 heteroatoms. The van der Waals surface area contributed by atoms with Gasteiger partial charge in [0.05, 0.1) is 19.4 Å². The van der Waals surface area contributed by atoms with Crippen molar-refractivity contribution < 1.29 is 14.3 Å². The molecule has 0 saturated heterocycles. The van der Waals surface area contributed by atoms with Gasteiger partial charge in [0.2, 0.25) is 0 Å². The zero-order valence-electron chi connectivity index (χ0n) is 11.9. The zero-order valence-corrected chi connectivity index (χ0v) is 11.9. The first kappa shape index (κ1) is 14.4. The number of nitrogen functional groups attached to an aromatic ring is 1. The summed E-state index contributed by atoms with van der Waals surface area (Å²) in [5.41, 5.74) is 8.15. The Labute approximate surface area is 119 Å². The maximum atomic E-state index is 12.4. The van der Waals surface area contributed by atoms with Crippen LogP contribution in [0.5, 0.6) is 5.75 Å². The molecule has 2 rings (SSSR count). The van der Waals surface area contributed by atoms with Crippen LogP contribution in [0.4, 0.5) is 5.69 Å². The largest absolute Gasteiger partial charge is 0.495 e. The highest BCUT2D eigenvalue weighted by Crippen LogP contribution is 2.23. The average molecular weight is 276 g/mol. The second-order valence-electron chi connectivity index (χ2n) is 4.75. The van der Waals surface area contributed by atoms with Gasteiger partial charge in [-0.1, -0.05) is 6.08 Å². The third kappa shape index (κ3) is 3.11. The first-order chi connectivity index (χ1) is 9.65. The number of nitrogens with two attached hydrogens (primary N) is 1. The minimum absolute atomic E-state index is 0.00734. The van der Waals surface area contributed by atoms with Crippen LogP contribution in [-0.4, -0.2) is 44.7 Å². The number of nitrogens with zero attached hydrogens (tertiary/aromatic N) is 1. The summed E-state index contributed by atoms with van der Waals surface area (Å²) in [4.78, 5) is 14.2. The van der Waals surface area contributed by atoms with Crippen molar-refractivity contribution >= 4 is 11.6 Å². The second-order valence-corrected chi connectivity index (χ2v) is 4.75. The maximum Gasteiger partial charge on any atom is 0.254 e. The summed E-state index contributed by atoms with van der Waals surface area (Å²) in [6.07, 6.45) is 2.91. The van der Waals surface area contributed by atoms with Gasteiger partial charge in [0.1, 0.15) is 5.75 Å². The molecule has 0 bridgehead atoms. The van der Waals surface area contributed by atoms with Crippen molar-refractivity contribution in [1.82, 2.24) is 4.90 Å². The molecule has 0 atom stereocenters. The highest BCUT2D eigenvalue weighted by molar-refractivity contribution is 5.95. The Bertz CT molecular complexity index is 526. The smallest absolute Gasteiger partial charge is 0.254 e. The number of carbonyl (C=O) groups excluding carboxylic acids is 1. The zero-order chi connectivity index (χ0) is 14.5. The molecule has 1 aliphatic heterocycles. The first-order valence-corrected chi connectivity index (χ1v) is 6.55. The molecule has 1 aromatic rings. The van der Waals surface area contributed by atoms with Crippen LogP contribution < -0.4 is 10.5 Å². The van der Waals surface area contributed by atoms with Crippen LogP contribution in [0, 0.1) is 0 Å². The van der Waals surface area contributed by atoms with E-state index < -0.39 is 0 Å². The van der Waals surface area contributed by atoms with E-state index in [0.717, 1.165) is 6.42 Å².